The minimum atomic E-state index is -1.08. The average molecular weight is 351 g/mol. The molecule has 1 unspecified atom stereocenters. The number of carbonyl (C=O) groups excluding carboxylic acids is 2. The number of hydrogen-bond donors (Lipinski definition) is 1. The Labute approximate surface area is 145 Å². The van der Waals surface area contributed by atoms with Gasteiger partial charge in [-0.3, -0.25) is 9.59 Å². The molecule has 0 aromatic heterocycles. The Morgan fingerprint density at radius 2 is 2.00 bits per heavy atom. The van der Waals surface area contributed by atoms with Gasteiger partial charge in [0.15, 0.2) is 11.2 Å². The molecule has 1 heterocycles. The Kier molecular flexibility index (Phi) is 6.25. The molecule has 1 aromatic rings. The van der Waals surface area contributed by atoms with E-state index in [0.29, 0.717) is 24.5 Å². The van der Waals surface area contributed by atoms with Crippen molar-refractivity contribution in [3.8, 4) is 5.75 Å². The van der Waals surface area contributed by atoms with E-state index in [2.05, 4.69) is 0 Å². The summed E-state index contributed by atoms with van der Waals surface area (Å²) in [7, 11) is 0. The van der Waals surface area contributed by atoms with Crippen molar-refractivity contribution in [3.63, 3.8) is 0 Å². The molecule has 0 spiro atoms. The van der Waals surface area contributed by atoms with E-state index in [4.69, 9.17) is 4.74 Å². The summed E-state index contributed by atoms with van der Waals surface area (Å²) in [6.45, 7) is 3.49. The van der Waals surface area contributed by atoms with Crippen LogP contribution < -0.4 is 4.74 Å². The van der Waals surface area contributed by atoms with Crippen LogP contribution in [0.2, 0.25) is 0 Å². The molecule has 0 saturated carbocycles. The molecule has 1 aliphatic heterocycles. The molecule has 1 N–H and O–H groups in total. The molecule has 130 valence electrons. The number of ether oxygens (including phenoxy) is 1. The molecule has 1 aromatic carbocycles. The van der Waals surface area contributed by atoms with Gasteiger partial charge in [-0.1, -0.05) is 36.9 Å². The summed E-state index contributed by atoms with van der Waals surface area (Å²) in [6.07, 6.45) is -0.119. The van der Waals surface area contributed by atoms with Gasteiger partial charge in [0.05, 0.1) is 0 Å². The molecular weight excluding hydrogens is 330 g/mol. The highest BCUT2D eigenvalue weighted by Gasteiger charge is 2.44. The Balaban J connectivity index is 2.06. The lowest BCUT2D eigenvalue weighted by molar-refractivity contribution is -0.151. The lowest BCUT2D eigenvalue weighted by atomic mass is 10.1. The van der Waals surface area contributed by atoms with Gasteiger partial charge >= 0.3 is 5.97 Å². The second-order valence-corrected chi connectivity index (χ2v) is 6.97. The standard InChI is InChI=1S/C17H21NO5S/c1-11(10-24-12(2)19)16(20)18-9-8-14(15(18)17(21)22)23-13-6-4-3-5-7-13/h3-7,11,14-15H,8-10H2,1-2H3,(H,21,22)/t11?,14-,15+/m1/s1. The molecule has 7 heteroatoms. The van der Waals surface area contributed by atoms with Crippen LogP contribution in [0.5, 0.6) is 5.75 Å². The summed E-state index contributed by atoms with van der Waals surface area (Å²) < 4.78 is 5.77. The van der Waals surface area contributed by atoms with Crippen molar-refractivity contribution in [1.29, 1.82) is 0 Å². The predicted octanol–water partition coefficient (Wildman–Crippen LogP) is 2.04. The maximum absolute atomic E-state index is 12.6. The van der Waals surface area contributed by atoms with Crippen LogP contribution in [0.1, 0.15) is 20.3 Å². The van der Waals surface area contributed by atoms with Gasteiger partial charge in [-0.25, -0.2) is 4.79 Å². The highest BCUT2D eigenvalue weighted by molar-refractivity contribution is 8.13. The fourth-order valence-corrected chi connectivity index (χ4v) is 3.32. The van der Waals surface area contributed by atoms with Gasteiger partial charge in [-0.2, -0.15) is 0 Å². The van der Waals surface area contributed by atoms with Gasteiger partial charge < -0.3 is 14.7 Å². The van der Waals surface area contributed by atoms with Crippen molar-refractivity contribution in [2.45, 2.75) is 32.4 Å². The van der Waals surface area contributed by atoms with Gasteiger partial charge in [0.2, 0.25) is 5.91 Å². The van der Waals surface area contributed by atoms with Crippen LogP contribution in [-0.2, 0) is 14.4 Å². The Hall–Kier alpha value is -2.02. The van der Waals surface area contributed by atoms with Gasteiger partial charge in [-0.05, 0) is 12.1 Å². The first-order valence-electron chi connectivity index (χ1n) is 7.78. The predicted molar refractivity (Wildman–Crippen MR) is 90.9 cm³/mol. The highest BCUT2D eigenvalue weighted by atomic mass is 32.2. The molecule has 1 amide bonds. The van der Waals surface area contributed by atoms with Crippen molar-refractivity contribution in [1.82, 2.24) is 4.90 Å². The SMILES string of the molecule is CC(=O)SCC(C)C(=O)N1CC[C@@H](Oc2ccccc2)[C@H]1C(=O)O. The molecular formula is C17H21NO5S. The second-order valence-electron chi connectivity index (χ2n) is 5.78. The van der Waals surface area contributed by atoms with Crippen molar-refractivity contribution in [3.05, 3.63) is 30.3 Å². The molecule has 6 nitrogen and oxygen atoms in total. The second kappa shape index (κ2) is 8.19. The van der Waals surface area contributed by atoms with Crippen LogP contribution in [0, 0.1) is 5.92 Å². The van der Waals surface area contributed by atoms with E-state index in [9.17, 15) is 19.5 Å². The molecule has 1 aliphatic rings. The van der Waals surface area contributed by atoms with E-state index in [1.165, 1.54) is 11.8 Å². The normalized spacial score (nSPS) is 21.3. The molecule has 0 bridgehead atoms. The zero-order valence-electron chi connectivity index (χ0n) is 13.7. The Morgan fingerprint density at radius 1 is 1.33 bits per heavy atom. The number of aliphatic carboxylic acids is 1. The van der Waals surface area contributed by atoms with Crippen LogP contribution >= 0.6 is 11.8 Å². The number of likely N-dealkylation sites (tertiary alicyclic amines) is 1. The number of amides is 1. The number of thioether (sulfide) groups is 1. The van der Waals surface area contributed by atoms with Crippen LogP contribution in [0.4, 0.5) is 0 Å². The number of carbonyl (C=O) groups is 3. The summed E-state index contributed by atoms with van der Waals surface area (Å²) in [5.41, 5.74) is 0. The van der Waals surface area contributed by atoms with Crippen LogP contribution in [0.25, 0.3) is 0 Å². The lowest BCUT2D eigenvalue weighted by Crippen LogP contribution is -2.48. The number of benzene rings is 1. The number of nitrogens with zero attached hydrogens (tertiary/aromatic N) is 1. The lowest BCUT2D eigenvalue weighted by Gasteiger charge is -2.27. The Morgan fingerprint density at radius 3 is 2.58 bits per heavy atom. The van der Waals surface area contributed by atoms with E-state index in [1.54, 1.807) is 19.1 Å². The van der Waals surface area contributed by atoms with Gasteiger partial charge in [0, 0.05) is 31.6 Å². The minimum absolute atomic E-state index is 0.0591. The highest BCUT2D eigenvalue weighted by Crippen LogP contribution is 2.26. The van der Waals surface area contributed by atoms with Crippen molar-refractivity contribution < 1.29 is 24.2 Å². The largest absolute Gasteiger partial charge is 0.488 e. The maximum Gasteiger partial charge on any atom is 0.330 e. The first-order valence-corrected chi connectivity index (χ1v) is 8.77. The fourth-order valence-electron chi connectivity index (χ4n) is 2.70. The zero-order valence-corrected chi connectivity index (χ0v) is 14.5. The summed E-state index contributed by atoms with van der Waals surface area (Å²) in [5.74, 6) is -0.815. The number of carboxylic acids is 1. The topological polar surface area (TPSA) is 83.9 Å². The maximum atomic E-state index is 12.6. The average Bonchev–Trinajstić information content (AvgIpc) is 2.96. The first-order chi connectivity index (χ1) is 11.4. The van der Waals surface area contributed by atoms with Crippen molar-refractivity contribution in [2.24, 2.45) is 5.92 Å². The monoisotopic (exact) mass is 351 g/mol. The third-order valence-electron chi connectivity index (χ3n) is 3.87. The molecule has 0 aliphatic carbocycles. The van der Waals surface area contributed by atoms with Gasteiger partial charge in [-0.15, -0.1) is 0 Å². The van der Waals surface area contributed by atoms with Crippen LogP contribution in [0.15, 0.2) is 30.3 Å². The van der Waals surface area contributed by atoms with Gasteiger partial charge in [0.1, 0.15) is 11.9 Å². The first kappa shape index (κ1) is 18.3. The summed E-state index contributed by atoms with van der Waals surface area (Å²) in [5, 5.41) is 9.49. The van der Waals surface area contributed by atoms with Crippen LogP contribution in [-0.4, -0.2) is 51.4 Å². The van der Waals surface area contributed by atoms with E-state index < -0.39 is 24.0 Å². The summed E-state index contributed by atoms with van der Waals surface area (Å²) >= 11 is 1.07. The van der Waals surface area contributed by atoms with Crippen molar-refractivity contribution >= 4 is 28.8 Å². The third kappa shape index (κ3) is 4.50. The quantitative estimate of drug-likeness (QED) is 0.844. The number of para-hydroxylation sites is 1. The molecule has 1 fully saturated rings. The number of carboxylic acid groups (broad SMARTS) is 1. The summed E-state index contributed by atoms with van der Waals surface area (Å²) in [6, 6.07) is 7.97. The number of rotatable bonds is 6. The third-order valence-corrected chi connectivity index (χ3v) is 4.94. The molecule has 2 rings (SSSR count). The molecule has 1 saturated heterocycles. The molecule has 0 radical (unpaired) electrons. The fraction of sp³-hybridized carbons (Fsp3) is 0.471. The van der Waals surface area contributed by atoms with Gasteiger partial charge in [0.25, 0.3) is 0 Å². The number of hydrogen-bond acceptors (Lipinski definition) is 5. The minimum Gasteiger partial charge on any atom is -0.488 e. The molecule has 24 heavy (non-hydrogen) atoms. The van der Waals surface area contributed by atoms with Crippen LogP contribution in [0.3, 0.4) is 0 Å². The summed E-state index contributed by atoms with van der Waals surface area (Å²) in [4.78, 5) is 36.6. The van der Waals surface area contributed by atoms with Crippen molar-refractivity contribution in [2.75, 3.05) is 12.3 Å². The van der Waals surface area contributed by atoms with E-state index in [-0.39, 0.29) is 11.0 Å². The smallest absolute Gasteiger partial charge is 0.330 e. The van der Waals surface area contributed by atoms with E-state index in [1.807, 2.05) is 18.2 Å². The van der Waals surface area contributed by atoms with E-state index in [0.717, 1.165) is 11.8 Å². The van der Waals surface area contributed by atoms with E-state index >= 15 is 0 Å². The Bertz CT molecular complexity index is 606. The zero-order chi connectivity index (χ0) is 17.7. The molecule has 3 atom stereocenters.